The summed E-state index contributed by atoms with van der Waals surface area (Å²) in [6.45, 7) is 10.7. The summed E-state index contributed by atoms with van der Waals surface area (Å²) in [6, 6.07) is 0.371. The first-order chi connectivity index (χ1) is 11.8. The number of rotatable bonds is 5. The molecule has 3 heterocycles. The summed E-state index contributed by atoms with van der Waals surface area (Å²) in [6.07, 6.45) is 5.50. The Morgan fingerprint density at radius 1 is 1.24 bits per heavy atom. The van der Waals surface area contributed by atoms with Crippen molar-refractivity contribution in [3.63, 3.8) is 0 Å². The van der Waals surface area contributed by atoms with E-state index < -0.39 is 7.12 Å². The molecule has 0 aromatic carbocycles. The minimum atomic E-state index is -0.464. The molecule has 0 aliphatic carbocycles. The van der Waals surface area contributed by atoms with Crippen LogP contribution in [0.2, 0.25) is 0 Å². The average Bonchev–Trinajstić information content (AvgIpc) is 2.77. The van der Waals surface area contributed by atoms with Crippen molar-refractivity contribution in [2.24, 2.45) is 0 Å². The number of ether oxygens (including phenoxy) is 1. The first kappa shape index (κ1) is 18.6. The molecule has 2 aliphatic rings. The van der Waals surface area contributed by atoms with Crippen LogP contribution < -0.4 is 10.2 Å². The molecule has 1 aromatic heterocycles. The lowest BCUT2D eigenvalue weighted by molar-refractivity contribution is 0.00578. The van der Waals surface area contributed by atoms with Gasteiger partial charge in [-0.15, -0.1) is 0 Å². The molecule has 0 saturated carbocycles. The maximum atomic E-state index is 9.07. The first-order valence-corrected chi connectivity index (χ1v) is 8.98. The molecule has 2 aliphatic heterocycles. The van der Waals surface area contributed by atoms with E-state index in [0.717, 1.165) is 31.4 Å². The van der Waals surface area contributed by atoms with Crippen molar-refractivity contribution >= 4 is 12.6 Å². The zero-order chi connectivity index (χ0) is 18.1. The molecule has 2 saturated heterocycles. The van der Waals surface area contributed by atoms with Crippen LogP contribution in [0.3, 0.4) is 0 Å². The van der Waals surface area contributed by atoms with Gasteiger partial charge in [0.15, 0.2) is 0 Å². The Morgan fingerprint density at radius 2 is 1.88 bits per heavy atom. The maximum absolute atomic E-state index is 9.07. The van der Waals surface area contributed by atoms with E-state index in [2.05, 4.69) is 14.9 Å². The van der Waals surface area contributed by atoms with Gasteiger partial charge in [-0.25, -0.2) is 9.97 Å². The van der Waals surface area contributed by atoms with Gasteiger partial charge in [0, 0.05) is 30.9 Å². The molecule has 8 heteroatoms. The van der Waals surface area contributed by atoms with Crippen LogP contribution in [0.1, 0.15) is 40.5 Å². The van der Waals surface area contributed by atoms with Crippen molar-refractivity contribution in [3.8, 4) is 6.01 Å². The fourth-order valence-corrected chi connectivity index (χ4v) is 3.09. The molecule has 7 nitrogen and oxygen atoms in total. The van der Waals surface area contributed by atoms with Gasteiger partial charge in [-0.2, -0.15) is 0 Å². The van der Waals surface area contributed by atoms with E-state index >= 15 is 0 Å². The Balaban J connectivity index is 1.60. The Labute approximate surface area is 149 Å². The van der Waals surface area contributed by atoms with Gasteiger partial charge in [0.25, 0.3) is 0 Å². The molecule has 1 aromatic rings. The molecule has 2 fully saturated rings. The number of aliphatic hydroxyl groups is 1. The molecule has 1 N–H and O–H groups in total. The number of nitrogens with zero attached hydrogens (tertiary/aromatic N) is 3. The van der Waals surface area contributed by atoms with Crippen LogP contribution in [0.15, 0.2) is 12.4 Å². The second kappa shape index (κ2) is 7.19. The number of β-amino-alcohol motifs (C(OH)–C–C–N with tert-alkyl or cyclic N) is 1. The SMILES string of the molecule is CC1(C)OB(c2cnc(OC3CCCN(CCO)C3)nc2)OC1(C)C. The molecule has 1 atom stereocenters. The van der Waals surface area contributed by atoms with E-state index in [-0.39, 0.29) is 23.9 Å². The van der Waals surface area contributed by atoms with Crippen molar-refractivity contribution < 1.29 is 19.2 Å². The summed E-state index contributed by atoms with van der Waals surface area (Å²) in [5.41, 5.74) is 0.0208. The van der Waals surface area contributed by atoms with Crippen molar-refractivity contribution in [2.75, 3.05) is 26.2 Å². The Bertz CT molecular complexity index is 564. The van der Waals surface area contributed by atoms with Crippen molar-refractivity contribution in [3.05, 3.63) is 12.4 Å². The molecule has 25 heavy (non-hydrogen) atoms. The highest BCUT2D eigenvalue weighted by Crippen LogP contribution is 2.36. The summed E-state index contributed by atoms with van der Waals surface area (Å²) < 4.78 is 17.9. The van der Waals surface area contributed by atoms with Crippen LogP contribution >= 0.6 is 0 Å². The number of likely N-dealkylation sites (tertiary alicyclic amines) is 1. The van der Waals surface area contributed by atoms with E-state index in [1.165, 1.54) is 0 Å². The Morgan fingerprint density at radius 3 is 2.48 bits per heavy atom. The summed E-state index contributed by atoms with van der Waals surface area (Å²) in [4.78, 5) is 10.8. The van der Waals surface area contributed by atoms with Crippen LogP contribution in [0.4, 0.5) is 0 Å². The Kier molecular flexibility index (Phi) is 5.34. The number of piperidine rings is 1. The molecular formula is C17H28BN3O4. The van der Waals surface area contributed by atoms with Gasteiger partial charge in [-0.3, -0.25) is 4.90 Å². The van der Waals surface area contributed by atoms with Crippen molar-refractivity contribution in [1.82, 2.24) is 14.9 Å². The van der Waals surface area contributed by atoms with Crippen LogP contribution in [-0.2, 0) is 9.31 Å². The summed E-state index contributed by atoms with van der Waals surface area (Å²) in [5, 5.41) is 9.07. The van der Waals surface area contributed by atoms with Gasteiger partial charge < -0.3 is 19.2 Å². The fourth-order valence-electron chi connectivity index (χ4n) is 3.09. The predicted molar refractivity (Wildman–Crippen MR) is 94.9 cm³/mol. The third-order valence-corrected chi connectivity index (χ3v) is 5.32. The van der Waals surface area contributed by atoms with Gasteiger partial charge in [0.05, 0.1) is 17.8 Å². The molecule has 138 valence electrons. The van der Waals surface area contributed by atoms with E-state index in [4.69, 9.17) is 19.2 Å². The van der Waals surface area contributed by atoms with E-state index in [0.29, 0.717) is 12.6 Å². The summed E-state index contributed by atoms with van der Waals surface area (Å²) >= 11 is 0. The first-order valence-electron chi connectivity index (χ1n) is 8.98. The van der Waals surface area contributed by atoms with Gasteiger partial charge in [-0.1, -0.05) is 0 Å². The molecule has 0 radical (unpaired) electrons. The predicted octanol–water partition coefficient (Wildman–Crippen LogP) is 0.611. The monoisotopic (exact) mass is 349 g/mol. The molecule has 3 rings (SSSR count). The minimum Gasteiger partial charge on any atom is -0.459 e. The largest absolute Gasteiger partial charge is 0.498 e. The molecule has 1 unspecified atom stereocenters. The highest BCUT2D eigenvalue weighted by atomic mass is 16.7. The van der Waals surface area contributed by atoms with Gasteiger partial charge >= 0.3 is 13.1 Å². The van der Waals surface area contributed by atoms with Gasteiger partial charge in [0.1, 0.15) is 6.10 Å². The molecular weight excluding hydrogens is 321 g/mol. The van der Waals surface area contributed by atoms with Crippen LogP contribution in [0.25, 0.3) is 0 Å². The third-order valence-electron chi connectivity index (χ3n) is 5.32. The molecule has 0 bridgehead atoms. The van der Waals surface area contributed by atoms with Crippen LogP contribution in [-0.4, -0.2) is 70.6 Å². The highest BCUT2D eigenvalue weighted by molar-refractivity contribution is 6.61. The molecule has 0 spiro atoms. The quantitative estimate of drug-likeness (QED) is 0.781. The lowest BCUT2D eigenvalue weighted by Crippen LogP contribution is -2.42. The lowest BCUT2D eigenvalue weighted by Gasteiger charge is -2.32. The van der Waals surface area contributed by atoms with Crippen LogP contribution in [0, 0.1) is 0 Å². The standard InChI is InChI=1S/C17H28BN3O4/c1-16(2)17(3,4)25-18(24-16)13-10-19-15(20-11-13)23-14-6-5-7-21(12-14)8-9-22/h10-11,14,22H,5-9,12H2,1-4H3. The van der Waals surface area contributed by atoms with E-state index in [1.54, 1.807) is 12.4 Å². The second-order valence-electron chi connectivity index (χ2n) is 7.79. The Hall–Kier alpha value is -1.22. The molecule has 0 amide bonds. The minimum absolute atomic E-state index is 0.0583. The number of hydrogen-bond donors (Lipinski definition) is 1. The third kappa shape index (κ3) is 4.14. The highest BCUT2D eigenvalue weighted by Gasteiger charge is 2.52. The van der Waals surface area contributed by atoms with Crippen molar-refractivity contribution in [1.29, 1.82) is 0 Å². The average molecular weight is 349 g/mol. The maximum Gasteiger partial charge on any atom is 0.498 e. The summed E-state index contributed by atoms with van der Waals surface area (Å²) in [7, 11) is -0.464. The number of aromatic nitrogens is 2. The smallest absolute Gasteiger partial charge is 0.459 e. The normalized spacial score (nSPS) is 26.0. The topological polar surface area (TPSA) is 76.9 Å². The number of hydrogen-bond acceptors (Lipinski definition) is 7. The zero-order valence-electron chi connectivity index (χ0n) is 15.6. The van der Waals surface area contributed by atoms with Gasteiger partial charge in [-0.05, 0) is 47.1 Å². The van der Waals surface area contributed by atoms with Crippen molar-refractivity contribution in [2.45, 2.75) is 57.8 Å². The summed E-state index contributed by atoms with van der Waals surface area (Å²) in [5.74, 6) is 0. The van der Waals surface area contributed by atoms with Gasteiger partial charge in [0.2, 0.25) is 0 Å². The second-order valence-corrected chi connectivity index (χ2v) is 7.79. The van der Waals surface area contributed by atoms with E-state index in [1.807, 2.05) is 27.7 Å². The number of aliphatic hydroxyl groups excluding tert-OH is 1. The van der Waals surface area contributed by atoms with E-state index in [9.17, 15) is 0 Å². The fraction of sp³-hybridized carbons (Fsp3) is 0.765. The lowest BCUT2D eigenvalue weighted by atomic mass is 9.81. The zero-order valence-corrected chi connectivity index (χ0v) is 15.6. The van der Waals surface area contributed by atoms with Crippen LogP contribution in [0.5, 0.6) is 6.01 Å².